The molecule has 0 bridgehead atoms. The van der Waals surface area contributed by atoms with E-state index in [1.165, 1.54) is 0 Å². The van der Waals surface area contributed by atoms with E-state index in [9.17, 15) is 5.11 Å². The Bertz CT molecular complexity index is 471. The highest BCUT2D eigenvalue weighted by Gasteiger charge is 2.23. The minimum atomic E-state index is -0.637. The molecule has 0 aliphatic heterocycles. The molecule has 0 spiro atoms. The monoisotopic (exact) mass is 237 g/mol. The Morgan fingerprint density at radius 1 is 1.31 bits per heavy atom. The molecule has 1 heterocycles. The van der Waals surface area contributed by atoms with Crippen LogP contribution in [-0.2, 0) is 14.1 Å². The van der Waals surface area contributed by atoms with E-state index in [1.54, 1.807) is 12.1 Å². The summed E-state index contributed by atoms with van der Waals surface area (Å²) in [6.07, 6.45) is 3.19. The number of halogens is 1. The zero-order valence-electron chi connectivity index (χ0n) is 9.26. The van der Waals surface area contributed by atoms with Gasteiger partial charge in [0.15, 0.2) is 6.10 Å². The lowest BCUT2D eigenvalue weighted by atomic mass is 10.1. The van der Waals surface area contributed by atoms with Gasteiger partial charge in [0.1, 0.15) is 12.4 Å². The number of hydrogen-bond acceptors (Lipinski definition) is 1. The number of aromatic nitrogens is 2. The summed E-state index contributed by atoms with van der Waals surface area (Å²) >= 11 is 5.81. The number of aliphatic hydroxyl groups is 1. The van der Waals surface area contributed by atoms with Crippen LogP contribution in [0.2, 0.25) is 5.02 Å². The number of nitrogens with zero attached hydrogens (tertiary/aromatic N) is 2. The van der Waals surface area contributed by atoms with Crippen molar-refractivity contribution in [1.29, 1.82) is 0 Å². The first-order valence-corrected chi connectivity index (χ1v) is 5.42. The highest BCUT2D eigenvalue weighted by atomic mass is 35.5. The minimum absolute atomic E-state index is 0.637. The first kappa shape index (κ1) is 11.2. The van der Waals surface area contributed by atoms with Gasteiger partial charge in [-0.15, -0.1) is 0 Å². The molecule has 0 aliphatic rings. The second kappa shape index (κ2) is 4.28. The summed E-state index contributed by atoms with van der Waals surface area (Å²) in [6, 6.07) is 7.23. The van der Waals surface area contributed by atoms with Gasteiger partial charge >= 0.3 is 0 Å². The van der Waals surface area contributed by atoms with Gasteiger partial charge in [0.2, 0.25) is 0 Å². The summed E-state index contributed by atoms with van der Waals surface area (Å²) in [7, 11) is 3.82. The number of aliphatic hydroxyl groups excluding tert-OH is 1. The quantitative estimate of drug-likeness (QED) is 0.790. The Morgan fingerprint density at radius 2 is 1.94 bits per heavy atom. The zero-order valence-corrected chi connectivity index (χ0v) is 10.0. The van der Waals surface area contributed by atoms with Gasteiger partial charge in [-0.3, -0.25) is 0 Å². The molecule has 1 N–H and O–H groups in total. The molecule has 3 nitrogen and oxygen atoms in total. The van der Waals surface area contributed by atoms with Crippen LogP contribution < -0.4 is 4.57 Å². The number of imidazole rings is 1. The van der Waals surface area contributed by atoms with Gasteiger partial charge in [-0.25, -0.2) is 9.13 Å². The molecular weight excluding hydrogens is 224 g/mol. The SMILES string of the molecule is Cn1cc[n+](C)c1C(O)c1ccc(Cl)cc1. The fraction of sp³-hybridized carbons (Fsp3) is 0.250. The van der Waals surface area contributed by atoms with Crippen molar-refractivity contribution in [2.75, 3.05) is 0 Å². The van der Waals surface area contributed by atoms with Gasteiger partial charge in [0.05, 0.1) is 14.1 Å². The molecule has 0 fully saturated rings. The van der Waals surface area contributed by atoms with Crippen LogP contribution in [0.15, 0.2) is 36.7 Å². The predicted molar refractivity (Wildman–Crippen MR) is 62.1 cm³/mol. The number of rotatable bonds is 2. The molecule has 1 atom stereocenters. The van der Waals surface area contributed by atoms with Crippen LogP contribution in [-0.4, -0.2) is 9.67 Å². The summed E-state index contributed by atoms with van der Waals surface area (Å²) in [5.74, 6) is 0.835. The first-order valence-electron chi connectivity index (χ1n) is 5.04. The van der Waals surface area contributed by atoms with E-state index in [4.69, 9.17) is 11.6 Å². The Balaban J connectivity index is 2.39. The summed E-state index contributed by atoms with van der Waals surface area (Å²) < 4.78 is 3.80. The number of aryl methyl sites for hydroxylation is 2. The smallest absolute Gasteiger partial charge is 0.290 e. The Hall–Kier alpha value is -1.32. The fourth-order valence-corrected chi connectivity index (χ4v) is 1.91. The normalized spacial score (nSPS) is 12.8. The van der Waals surface area contributed by atoms with Gasteiger partial charge in [0, 0.05) is 5.02 Å². The molecule has 16 heavy (non-hydrogen) atoms. The van der Waals surface area contributed by atoms with E-state index < -0.39 is 6.10 Å². The lowest BCUT2D eigenvalue weighted by Crippen LogP contribution is -2.34. The first-order chi connectivity index (χ1) is 7.59. The van der Waals surface area contributed by atoms with Crippen LogP contribution >= 0.6 is 11.6 Å². The molecule has 0 radical (unpaired) electrons. The van der Waals surface area contributed by atoms with E-state index in [1.807, 2.05) is 47.8 Å². The molecule has 84 valence electrons. The van der Waals surface area contributed by atoms with Crippen LogP contribution in [0.3, 0.4) is 0 Å². The highest BCUT2D eigenvalue weighted by molar-refractivity contribution is 6.30. The van der Waals surface area contributed by atoms with Crippen molar-refractivity contribution in [2.24, 2.45) is 14.1 Å². The lowest BCUT2D eigenvalue weighted by Gasteiger charge is -2.08. The molecule has 0 aliphatic carbocycles. The van der Waals surface area contributed by atoms with Crippen molar-refractivity contribution in [2.45, 2.75) is 6.10 Å². The standard InChI is InChI=1S/C12H14ClN2O/c1-14-7-8-15(2)12(14)11(16)9-3-5-10(13)6-4-9/h3-8,11,16H,1-2H3/q+1. The average Bonchev–Trinajstić information content (AvgIpc) is 2.59. The second-order valence-electron chi connectivity index (χ2n) is 3.83. The van der Waals surface area contributed by atoms with Crippen molar-refractivity contribution >= 4 is 11.6 Å². The third kappa shape index (κ3) is 1.96. The van der Waals surface area contributed by atoms with Crippen LogP contribution in [0, 0.1) is 0 Å². The van der Waals surface area contributed by atoms with Crippen LogP contribution in [0.4, 0.5) is 0 Å². The van der Waals surface area contributed by atoms with Gasteiger partial charge in [-0.2, -0.15) is 0 Å². The fourth-order valence-electron chi connectivity index (χ4n) is 1.78. The van der Waals surface area contributed by atoms with Gasteiger partial charge < -0.3 is 5.11 Å². The molecule has 2 aromatic rings. The maximum absolute atomic E-state index is 10.2. The van der Waals surface area contributed by atoms with Crippen molar-refractivity contribution in [3.63, 3.8) is 0 Å². The van der Waals surface area contributed by atoms with Crippen LogP contribution in [0.5, 0.6) is 0 Å². The summed E-state index contributed by atoms with van der Waals surface area (Å²) in [5.41, 5.74) is 0.835. The molecule has 2 rings (SSSR count). The van der Waals surface area contributed by atoms with E-state index in [0.29, 0.717) is 5.02 Å². The molecule has 0 amide bonds. The average molecular weight is 238 g/mol. The summed E-state index contributed by atoms with van der Waals surface area (Å²) in [4.78, 5) is 0. The molecule has 4 heteroatoms. The molecule has 1 unspecified atom stereocenters. The van der Waals surface area contributed by atoms with E-state index in [0.717, 1.165) is 11.4 Å². The maximum Gasteiger partial charge on any atom is 0.290 e. The van der Waals surface area contributed by atoms with Gasteiger partial charge in [-0.05, 0) is 17.7 Å². The molecule has 1 aromatic carbocycles. The largest absolute Gasteiger partial charge is 0.376 e. The van der Waals surface area contributed by atoms with Gasteiger partial charge in [0.25, 0.3) is 5.82 Å². The predicted octanol–water partition coefficient (Wildman–Crippen LogP) is 1.58. The van der Waals surface area contributed by atoms with Crippen molar-refractivity contribution < 1.29 is 9.67 Å². The van der Waals surface area contributed by atoms with E-state index in [2.05, 4.69) is 0 Å². The van der Waals surface area contributed by atoms with E-state index >= 15 is 0 Å². The van der Waals surface area contributed by atoms with E-state index in [-0.39, 0.29) is 0 Å². The third-order valence-electron chi connectivity index (χ3n) is 2.67. The lowest BCUT2D eigenvalue weighted by molar-refractivity contribution is -0.681. The maximum atomic E-state index is 10.2. The molecule has 0 saturated carbocycles. The van der Waals surface area contributed by atoms with Crippen molar-refractivity contribution in [3.05, 3.63) is 53.1 Å². The van der Waals surface area contributed by atoms with Crippen molar-refractivity contribution in [1.82, 2.24) is 4.57 Å². The Morgan fingerprint density at radius 3 is 2.44 bits per heavy atom. The zero-order chi connectivity index (χ0) is 11.7. The van der Waals surface area contributed by atoms with Crippen molar-refractivity contribution in [3.8, 4) is 0 Å². The van der Waals surface area contributed by atoms with Crippen LogP contribution in [0.1, 0.15) is 17.5 Å². The summed E-state index contributed by atoms with van der Waals surface area (Å²) in [6.45, 7) is 0. The highest BCUT2D eigenvalue weighted by Crippen LogP contribution is 2.20. The minimum Gasteiger partial charge on any atom is -0.376 e. The Labute approximate surface area is 99.5 Å². The topological polar surface area (TPSA) is 29.0 Å². The second-order valence-corrected chi connectivity index (χ2v) is 4.27. The summed E-state index contributed by atoms with van der Waals surface area (Å²) in [5, 5.41) is 10.9. The van der Waals surface area contributed by atoms with Gasteiger partial charge in [-0.1, -0.05) is 23.7 Å². The number of hydrogen-bond donors (Lipinski definition) is 1. The third-order valence-corrected chi connectivity index (χ3v) is 2.92. The number of benzene rings is 1. The molecular formula is C12H14ClN2O+. The Kier molecular flexibility index (Phi) is 2.99. The van der Waals surface area contributed by atoms with Crippen LogP contribution in [0.25, 0.3) is 0 Å². The molecule has 1 aromatic heterocycles. The molecule has 0 saturated heterocycles.